The van der Waals surface area contributed by atoms with Crippen molar-refractivity contribution in [3.05, 3.63) is 52.0 Å². The van der Waals surface area contributed by atoms with Crippen LogP contribution in [0.3, 0.4) is 0 Å². The Bertz CT molecular complexity index is 760. The van der Waals surface area contributed by atoms with Gasteiger partial charge < -0.3 is 9.67 Å². The second-order valence-electron chi connectivity index (χ2n) is 4.53. The van der Waals surface area contributed by atoms with Gasteiger partial charge in [0.1, 0.15) is 5.82 Å². The predicted molar refractivity (Wildman–Crippen MR) is 79.5 cm³/mol. The quantitative estimate of drug-likeness (QED) is 0.799. The van der Waals surface area contributed by atoms with E-state index in [9.17, 15) is 9.90 Å². The van der Waals surface area contributed by atoms with Crippen LogP contribution in [0.1, 0.15) is 28.0 Å². The molecule has 0 atom stereocenters. The molecule has 0 bridgehead atoms. The smallest absolute Gasteiger partial charge is 0.337 e. The normalized spacial score (nSPS) is 11.1. The molecule has 4 nitrogen and oxygen atoms in total. The van der Waals surface area contributed by atoms with Gasteiger partial charge in [0.25, 0.3) is 0 Å². The van der Waals surface area contributed by atoms with Crippen molar-refractivity contribution in [1.29, 1.82) is 0 Å². The number of nitrogens with zero attached hydrogens (tertiary/aromatic N) is 2. The van der Waals surface area contributed by atoms with E-state index in [-0.39, 0.29) is 0 Å². The lowest BCUT2D eigenvalue weighted by molar-refractivity contribution is 0.0698. The first-order chi connectivity index (χ1) is 9.70. The molecule has 2 heterocycles. The molecule has 102 valence electrons. The number of carboxylic acid groups (broad SMARTS) is 1. The highest BCUT2D eigenvalue weighted by Gasteiger charge is 2.17. The van der Waals surface area contributed by atoms with Gasteiger partial charge in [0.15, 0.2) is 0 Å². The molecule has 0 amide bonds. The highest BCUT2D eigenvalue weighted by atomic mass is 32.1. The van der Waals surface area contributed by atoms with Crippen molar-refractivity contribution in [3.8, 4) is 0 Å². The first-order valence-electron chi connectivity index (χ1n) is 6.44. The van der Waals surface area contributed by atoms with Crippen LogP contribution in [-0.2, 0) is 13.0 Å². The highest BCUT2D eigenvalue weighted by Crippen LogP contribution is 2.23. The van der Waals surface area contributed by atoms with E-state index in [1.165, 1.54) is 4.88 Å². The number of imidazole rings is 1. The highest BCUT2D eigenvalue weighted by molar-refractivity contribution is 7.09. The number of para-hydroxylation sites is 1. The molecule has 0 aliphatic carbocycles. The average Bonchev–Trinajstić information content (AvgIpc) is 3.06. The molecule has 0 fully saturated rings. The van der Waals surface area contributed by atoms with Gasteiger partial charge in [-0.15, -0.1) is 11.3 Å². The summed E-state index contributed by atoms with van der Waals surface area (Å²) >= 11 is 1.67. The Labute approximate surface area is 120 Å². The van der Waals surface area contributed by atoms with Crippen LogP contribution in [0, 0.1) is 0 Å². The molecule has 0 radical (unpaired) electrons. The third-order valence-electron chi connectivity index (χ3n) is 3.29. The lowest BCUT2D eigenvalue weighted by atomic mass is 10.2. The molecular formula is C15H14N2O2S. The Morgan fingerprint density at radius 3 is 2.85 bits per heavy atom. The SMILES string of the molecule is CCc1nc2cccc(C(=O)O)c2n1Cc1cccs1. The molecular weight excluding hydrogens is 272 g/mol. The zero-order chi connectivity index (χ0) is 14.1. The van der Waals surface area contributed by atoms with Crippen LogP contribution in [0.25, 0.3) is 11.0 Å². The minimum atomic E-state index is -0.911. The van der Waals surface area contributed by atoms with Gasteiger partial charge in [-0.2, -0.15) is 0 Å². The van der Waals surface area contributed by atoms with Crippen molar-refractivity contribution in [2.24, 2.45) is 0 Å². The Morgan fingerprint density at radius 2 is 2.20 bits per heavy atom. The van der Waals surface area contributed by atoms with Gasteiger partial charge in [0.2, 0.25) is 0 Å². The van der Waals surface area contributed by atoms with Crippen molar-refractivity contribution in [1.82, 2.24) is 9.55 Å². The molecule has 0 unspecified atom stereocenters. The molecule has 20 heavy (non-hydrogen) atoms. The number of carboxylic acids is 1. The van der Waals surface area contributed by atoms with Crippen molar-refractivity contribution < 1.29 is 9.90 Å². The molecule has 0 aliphatic rings. The number of thiophene rings is 1. The lowest BCUT2D eigenvalue weighted by Gasteiger charge is -2.08. The molecule has 0 saturated carbocycles. The van der Waals surface area contributed by atoms with Crippen LogP contribution in [0.4, 0.5) is 0 Å². The summed E-state index contributed by atoms with van der Waals surface area (Å²) in [4.78, 5) is 17.2. The Hall–Kier alpha value is -2.14. The van der Waals surface area contributed by atoms with E-state index >= 15 is 0 Å². The van der Waals surface area contributed by atoms with Crippen LogP contribution in [0.5, 0.6) is 0 Å². The number of aromatic nitrogens is 2. The number of hydrogen-bond donors (Lipinski definition) is 1. The summed E-state index contributed by atoms with van der Waals surface area (Å²) in [5.74, 6) is 0.00711. The van der Waals surface area contributed by atoms with Crippen LogP contribution in [0.2, 0.25) is 0 Å². The van der Waals surface area contributed by atoms with E-state index in [1.54, 1.807) is 23.5 Å². The van der Waals surface area contributed by atoms with E-state index in [4.69, 9.17) is 0 Å². The largest absolute Gasteiger partial charge is 0.478 e. The Kier molecular flexibility index (Phi) is 3.28. The molecule has 1 N–H and O–H groups in total. The molecule has 2 aromatic heterocycles. The van der Waals surface area contributed by atoms with Crippen molar-refractivity contribution in [2.75, 3.05) is 0 Å². The number of hydrogen-bond acceptors (Lipinski definition) is 3. The molecule has 3 rings (SSSR count). The molecule has 0 spiro atoms. The van der Waals surface area contributed by atoms with Crippen molar-refractivity contribution >= 4 is 28.3 Å². The minimum Gasteiger partial charge on any atom is -0.478 e. The van der Waals surface area contributed by atoms with Gasteiger partial charge in [0.05, 0.1) is 23.1 Å². The number of benzene rings is 1. The number of rotatable bonds is 4. The topological polar surface area (TPSA) is 55.1 Å². The summed E-state index contributed by atoms with van der Waals surface area (Å²) < 4.78 is 2.02. The average molecular weight is 286 g/mol. The summed E-state index contributed by atoms with van der Waals surface area (Å²) in [7, 11) is 0. The fraction of sp³-hybridized carbons (Fsp3) is 0.200. The summed E-state index contributed by atoms with van der Waals surface area (Å²) in [5.41, 5.74) is 1.77. The van der Waals surface area contributed by atoms with Crippen molar-refractivity contribution in [2.45, 2.75) is 19.9 Å². The zero-order valence-electron chi connectivity index (χ0n) is 11.0. The summed E-state index contributed by atoms with van der Waals surface area (Å²) in [6.07, 6.45) is 0.777. The summed E-state index contributed by atoms with van der Waals surface area (Å²) in [5, 5.41) is 11.4. The van der Waals surface area contributed by atoms with Crippen LogP contribution >= 0.6 is 11.3 Å². The first kappa shape index (κ1) is 12.9. The van der Waals surface area contributed by atoms with E-state index in [1.807, 2.05) is 29.0 Å². The maximum atomic E-state index is 11.4. The van der Waals surface area contributed by atoms with Gasteiger partial charge in [-0.05, 0) is 23.6 Å². The predicted octanol–water partition coefficient (Wildman–Crippen LogP) is 3.41. The van der Waals surface area contributed by atoms with Gasteiger partial charge in [-0.25, -0.2) is 9.78 Å². The summed E-state index contributed by atoms with van der Waals surface area (Å²) in [6.45, 7) is 2.70. The van der Waals surface area contributed by atoms with Gasteiger partial charge in [-0.3, -0.25) is 0 Å². The first-order valence-corrected chi connectivity index (χ1v) is 7.32. The third kappa shape index (κ3) is 2.10. The fourth-order valence-corrected chi connectivity index (χ4v) is 3.10. The maximum absolute atomic E-state index is 11.4. The molecule has 0 saturated heterocycles. The standard InChI is InChI=1S/C15H14N2O2S/c1-2-13-16-12-7-3-6-11(15(18)19)14(12)17(13)9-10-5-4-8-20-10/h3-8H,2,9H2,1H3,(H,18,19). The Morgan fingerprint density at radius 1 is 1.35 bits per heavy atom. The number of fused-ring (bicyclic) bond motifs is 1. The fourth-order valence-electron chi connectivity index (χ4n) is 2.40. The number of aryl methyl sites for hydroxylation is 1. The van der Waals surface area contributed by atoms with Crippen molar-refractivity contribution in [3.63, 3.8) is 0 Å². The lowest BCUT2D eigenvalue weighted by Crippen LogP contribution is -2.07. The number of aromatic carboxylic acids is 1. The van der Waals surface area contributed by atoms with Gasteiger partial charge >= 0.3 is 5.97 Å². The third-order valence-corrected chi connectivity index (χ3v) is 4.15. The van der Waals surface area contributed by atoms with Crippen LogP contribution in [-0.4, -0.2) is 20.6 Å². The van der Waals surface area contributed by atoms with Gasteiger partial charge in [0, 0.05) is 11.3 Å². The summed E-state index contributed by atoms with van der Waals surface area (Å²) in [6, 6.07) is 9.30. The second kappa shape index (κ2) is 5.09. The second-order valence-corrected chi connectivity index (χ2v) is 5.56. The zero-order valence-corrected chi connectivity index (χ0v) is 11.9. The molecule has 1 aromatic carbocycles. The number of carbonyl (C=O) groups is 1. The Balaban J connectivity index is 2.24. The van der Waals surface area contributed by atoms with Gasteiger partial charge in [-0.1, -0.05) is 19.1 Å². The van der Waals surface area contributed by atoms with Crippen LogP contribution in [0.15, 0.2) is 35.7 Å². The van der Waals surface area contributed by atoms with E-state index in [0.717, 1.165) is 17.8 Å². The van der Waals surface area contributed by atoms with Crippen LogP contribution < -0.4 is 0 Å². The molecule has 3 aromatic rings. The molecule has 5 heteroatoms. The monoisotopic (exact) mass is 286 g/mol. The molecule has 0 aliphatic heterocycles. The maximum Gasteiger partial charge on any atom is 0.337 e. The van der Waals surface area contributed by atoms with E-state index < -0.39 is 5.97 Å². The van der Waals surface area contributed by atoms with E-state index in [2.05, 4.69) is 11.1 Å². The van der Waals surface area contributed by atoms with E-state index in [0.29, 0.717) is 17.6 Å². The minimum absolute atomic E-state index is 0.311.